The monoisotopic (exact) mass is 246 g/mol. The van der Waals surface area contributed by atoms with Crippen molar-refractivity contribution in [3.63, 3.8) is 0 Å². The number of hydrogen-bond donors (Lipinski definition) is 2. The molecular formula is C6H14O6S2. The molecule has 0 aromatic rings. The minimum absolute atomic E-state index is 0.889. The van der Waals surface area contributed by atoms with E-state index in [1.807, 2.05) is 0 Å². The molecule has 0 saturated carbocycles. The van der Waals surface area contributed by atoms with Crippen LogP contribution in [0.2, 0.25) is 0 Å². The zero-order valence-electron chi connectivity index (χ0n) is 8.08. The third kappa shape index (κ3) is 3.52. The maximum Gasteiger partial charge on any atom is 0.267 e. The van der Waals surface area contributed by atoms with Crippen LogP contribution < -0.4 is 0 Å². The predicted molar refractivity (Wildman–Crippen MR) is 51.2 cm³/mol. The highest BCUT2D eigenvalue weighted by Crippen LogP contribution is 2.19. The minimum atomic E-state index is -4.28. The van der Waals surface area contributed by atoms with E-state index in [0.29, 0.717) is 0 Å². The summed E-state index contributed by atoms with van der Waals surface area (Å²) in [4.78, 5) is 0. The summed E-state index contributed by atoms with van der Waals surface area (Å²) in [5, 5.41) is -2.47. The van der Waals surface area contributed by atoms with Gasteiger partial charge in [0.05, 0.1) is 10.5 Å². The van der Waals surface area contributed by atoms with Crippen molar-refractivity contribution in [3.8, 4) is 0 Å². The molecule has 2 atom stereocenters. The summed E-state index contributed by atoms with van der Waals surface area (Å²) < 4.78 is 60.1. The third-order valence-electron chi connectivity index (χ3n) is 2.42. The Labute approximate surface area is 83.8 Å². The third-order valence-corrected chi connectivity index (χ3v) is 5.16. The van der Waals surface area contributed by atoms with Crippen LogP contribution in [0.25, 0.3) is 0 Å². The fourth-order valence-electron chi connectivity index (χ4n) is 0.924. The molecule has 0 heterocycles. The largest absolute Gasteiger partial charge is 0.285 e. The Morgan fingerprint density at radius 1 is 0.786 bits per heavy atom. The highest BCUT2D eigenvalue weighted by Gasteiger charge is 2.34. The van der Waals surface area contributed by atoms with Gasteiger partial charge >= 0.3 is 0 Å². The predicted octanol–water partition coefficient (Wildman–Crippen LogP) is 0.175. The van der Waals surface area contributed by atoms with Crippen LogP contribution in [0.1, 0.15) is 20.8 Å². The van der Waals surface area contributed by atoms with Crippen molar-refractivity contribution in [3.05, 3.63) is 0 Å². The molecule has 0 aliphatic heterocycles. The fourth-order valence-corrected chi connectivity index (χ4v) is 2.58. The van der Waals surface area contributed by atoms with Crippen LogP contribution in [0, 0.1) is 5.92 Å². The van der Waals surface area contributed by atoms with Crippen molar-refractivity contribution < 1.29 is 25.9 Å². The molecule has 2 unspecified atom stereocenters. The van der Waals surface area contributed by atoms with Crippen molar-refractivity contribution in [1.82, 2.24) is 0 Å². The Kier molecular flexibility index (Phi) is 4.08. The van der Waals surface area contributed by atoms with Gasteiger partial charge in [0, 0.05) is 0 Å². The van der Waals surface area contributed by atoms with Gasteiger partial charge in [0.2, 0.25) is 0 Å². The zero-order chi connectivity index (χ0) is 11.7. The van der Waals surface area contributed by atoms with Crippen LogP contribution in [0.5, 0.6) is 0 Å². The van der Waals surface area contributed by atoms with Crippen LogP contribution in [0.4, 0.5) is 0 Å². The summed E-state index contributed by atoms with van der Waals surface area (Å²) in [5.41, 5.74) is 0. The molecular weight excluding hydrogens is 232 g/mol. The van der Waals surface area contributed by atoms with Gasteiger partial charge in [0.25, 0.3) is 20.2 Å². The van der Waals surface area contributed by atoms with E-state index in [1.54, 1.807) is 0 Å². The lowest BCUT2D eigenvalue weighted by Gasteiger charge is -2.21. The van der Waals surface area contributed by atoms with Gasteiger partial charge in [-0.1, -0.05) is 6.92 Å². The van der Waals surface area contributed by atoms with Gasteiger partial charge in [-0.25, -0.2) is 0 Å². The summed E-state index contributed by atoms with van der Waals surface area (Å²) in [7, 11) is -8.57. The van der Waals surface area contributed by atoms with Gasteiger partial charge in [-0.15, -0.1) is 0 Å². The Bertz CT molecular complexity index is 343. The van der Waals surface area contributed by atoms with E-state index in [-0.39, 0.29) is 0 Å². The maximum atomic E-state index is 10.7. The van der Waals surface area contributed by atoms with Crippen molar-refractivity contribution >= 4 is 20.2 Å². The van der Waals surface area contributed by atoms with Crippen molar-refractivity contribution in [2.45, 2.75) is 31.3 Å². The van der Waals surface area contributed by atoms with Gasteiger partial charge in [-0.05, 0) is 19.8 Å². The van der Waals surface area contributed by atoms with Crippen LogP contribution in [0.3, 0.4) is 0 Å². The second-order valence-electron chi connectivity index (χ2n) is 3.30. The van der Waals surface area contributed by atoms with E-state index in [1.165, 1.54) is 20.8 Å². The molecule has 8 heteroatoms. The lowest BCUT2D eigenvalue weighted by atomic mass is 10.1. The van der Waals surface area contributed by atoms with Gasteiger partial charge < -0.3 is 0 Å². The molecule has 0 saturated heterocycles. The normalized spacial score (nSPS) is 20.1. The second kappa shape index (κ2) is 4.13. The van der Waals surface area contributed by atoms with E-state index < -0.39 is 36.7 Å². The molecule has 0 aliphatic rings. The summed E-state index contributed by atoms with van der Waals surface area (Å²) in [6, 6.07) is 0. The topological polar surface area (TPSA) is 109 Å². The highest BCUT2D eigenvalue weighted by molar-refractivity contribution is 7.87. The summed E-state index contributed by atoms with van der Waals surface area (Å²) in [6.07, 6.45) is 0. The summed E-state index contributed by atoms with van der Waals surface area (Å²) >= 11 is 0. The quantitative estimate of drug-likeness (QED) is 0.685. The van der Waals surface area contributed by atoms with Crippen LogP contribution in [-0.2, 0) is 20.2 Å². The first kappa shape index (κ1) is 13.8. The molecule has 0 rings (SSSR count). The van der Waals surface area contributed by atoms with Gasteiger partial charge in [-0.3, -0.25) is 9.11 Å². The average Bonchev–Trinajstić information content (AvgIpc) is 1.97. The molecule has 2 N–H and O–H groups in total. The minimum Gasteiger partial charge on any atom is -0.285 e. The molecule has 0 fully saturated rings. The Hall–Kier alpha value is -0.180. The van der Waals surface area contributed by atoms with Crippen molar-refractivity contribution in [2.75, 3.05) is 0 Å². The van der Waals surface area contributed by atoms with E-state index in [9.17, 15) is 16.8 Å². The van der Waals surface area contributed by atoms with Crippen LogP contribution in [-0.4, -0.2) is 36.4 Å². The second-order valence-corrected chi connectivity index (χ2v) is 6.85. The summed E-state index contributed by atoms with van der Waals surface area (Å²) in [5.74, 6) is -0.889. The van der Waals surface area contributed by atoms with Gasteiger partial charge in [0.1, 0.15) is 0 Å². The van der Waals surface area contributed by atoms with Gasteiger partial charge in [0.15, 0.2) is 0 Å². The van der Waals surface area contributed by atoms with Crippen LogP contribution >= 0.6 is 0 Å². The van der Waals surface area contributed by atoms with Crippen LogP contribution in [0.15, 0.2) is 0 Å². The first-order valence-electron chi connectivity index (χ1n) is 3.90. The molecule has 86 valence electrons. The molecule has 0 aromatic carbocycles. The fraction of sp³-hybridized carbons (Fsp3) is 1.00. The Morgan fingerprint density at radius 3 is 1.14 bits per heavy atom. The molecule has 14 heavy (non-hydrogen) atoms. The maximum absolute atomic E-state index is 10.7. The average molecular weight is 246 g/mol. The van der Waals surface area contributed by atoms with E-state index >= 15 is 0 Å². The smallest absolute Gasteiger partial charge is 0.267 e. The lowest BCUT2D eigenvalue weighted by Crippen LogP contribution is -2.35. The molecule has 0 amide bonds. The molecule has 0 aromatic heterocycles. The van der Waals surface area contributed by atoms with E-state index in [2.05, 4.69) is 0 Å². The molecule has 6 nitrogen and oxygen atoms in total. The standard InChI is InChI=1S/C6H14O6S2/c1-4(5(2)13(7,8)9)6(3)14(10,11)12/h4-6H,1-3H3,(H,7,8,9)(H,10,11,12). The Morgan fingerprint density at radius 2 is 1.00 bits per heavy atom. The Balaban J connectivity index is 4.91. The number of hydrogen-bond acceptors (Lipinski definition) is 4. The molecule has 0 spiro atoms. The lowest BCUT2D eigenvalue weighted by molar-refractivity contribution is 0.413. The number of rotatable bonds is 4. The first-order chi connectivity index (χ1) is 5.98. The SMILES string of the molecule is CC(C(C)S(=O)(=O)O)C(C)S(=O)(=O)O. The van der Waals surface area contributed by atoms with Crippen molar-refractivity contribution in [1.29, 1.82) is 0 Å². The first-order valence-corrected chi connectivity index (χ1v) is 6.91. The molecule has 0 bridgehead atoms. The van der Waals surface area contributed by atoms with E-state index in [0.717, 1.165) is 0 Å². The highest BCUT2D eigenvalue weighted by atomic mass is 32.2. The molecule has 0 aliphatic carbocycles. The van der Waals surface area contributed by atoms with E-state index in [4.69, 9.17) is 9.11 Å². The summed E-state index contributed by atoms with van der Waals surface area (Å²) in [6.45, 7) is 3.69. The molecule has 0 radical (unpaired) electrons. The van der Waals surface area contributed by atoms with Crippen molar-refractivity contribution in [2.24, 2.45) is 5.92 Å². The van der Waals surface area contributed by atoms with Gasteiger partial charge in [-0.2, -0.15) is 16.8 Å². The zero-order valence-corrected chi connectivity index (χ0v) is 9.71.